The summed E-state index contributed by atoms with van der Waals surface area (Å²) in [5.41, 5.74) is 1.50. The van der Waals surface area contributed by atoms with Gasteiger partial charge in [0, 0.05) is 12.1 Å². The summed E-state index contributed by atoms with van der Waals surface area (Å²) in [6.45, 7) is 0.0462. The van der Waals surface area contributed by atoms with Crippen molar-refractivity contribution in [1.82, 2.24) is 9.97 Å². The van der Waals surface area contributed by atoms with Crippen molar-refractivity contribution in [3.63, 3.8) is 0 Å². The van der Waals surface area contributed by atoms with Crippen LogP contribution in [0.25, 0.3) is 11.0 Å². The molecular formula is C12H15N3O4. The number of anilines is 1. The number of carbonyl (C=O) groups is 1. The summed E-state index contributed by atoms with van der Waals surface area (Å²) in [5, 5.41) is 2.84. The highest BCUT2D eigenvalue weighted by Gasteiger charge is 2.10. The lowest BCUT2D eigenvalue weighted by molar-refractivity contribution is -0.138. The number of benzene rings is 1. The highest BCUT2D eigenvalue weighted by molar-refractivity contribution is 5.82. The van der Waals surface area contributed by atoms with Crippen LogP contribution in [0.2, 0.25) is 0 Å². The number of aromatic amines is 1. The van der Waals surface area contributed by atoms with Crippen molar-refractivity contribution in [2.24, 2.45) is 0 Å². The first-order valence-electron chi connectivity index (χ1n) is 5.60. The summed E-state index contributed by atoms with van der Waals surface area (Å²) in [5.74, 6) is 1.32. The van der Waals surface area contributed by atoms with Gasteiger partial charge in [-0.1, -0.05) is 0 Å². The summed E-state index contributed by atoms with van der Waals surface area (Å²) in [4.78, 5) is 18.4. The Hall–Kier alpha value is -2.44. The predicted octanol–water partition coefficient (Wildman–Crippen LogP) is 1.16. The molecule has 0 bridgehead atoms. The van der Waals surface area contributed by atoms with Crippen LogP contribution in [0.15, 0.2) is 12.1 Å². The van der Waals surface area contributed by atoms with Crippen molar-refractivity contribution in [3.05, 3.63) is 12.1 Å². The first kappa shape index (κ1) is 13.0. The van der Waals surface area contributed by atoms with Crippen LogP contribution in [-0.4, -0.2) is 43.8 Å². The summed E-state index contributed by atoms with van der Waals surface area (Å²) >= 11 is 0. The fourth-order valence-electron chi connectivity index (χ4n) is 1.65. The Morgan fingerprint density at radius 2 is 1.95 bits per heavy atom. The number of rotatable bonds is 5. The van der Waals surface area contributed by atoms with Gasteiger partial charge in [-0.05, 0) is 0 Å². The molecule has 7 heteroatoms. The van der Waals surface area contributed by atoms with Gasteiger partial charge in [0.2, 0.25) is 5.95 Å². The van der Waals surface area contributed by atoms with E-state index in [1.54, 1.807) is 26.4 Å². The molecule has 0 aliphatic carbocycles. The molecule has 0 spiro atoms. The number of hydrogen-bond acceptors (Lipinski definition) is 6. The van der Waals surface area contributed by atoms with Crippen molar-refractivity contribution in [2.45, 2.75) is 0 Å². The minimum absolute atomic E-state index is 0.0462. The Bertz CT molecular complexity index is 553. The van der Waals surface area contributed by atoms with Crippen molar-refractivity contribution in [2.75, 3.05) is 33.2 Å². The number of imidazole rings is 1. The fourth-order valence-corrected chi connectivity index (χ4v) is 1.65. The smallest absolute Gasteiger partial charge is 0.325 e. The monoisotopic (exact) mass is 265 g/mol. The molecular weight excluding hydrogens is 250 g/mol. The number of ether oxygens (including phenoxy) is 3. The molecule has 0 atom stereocenters. The molecule has 2 N–H and O–H groups in total. The highest BCUT2D eigenvalue weighted by Crippen LogP contribution is 2.31. The highest BCUT2D eigenvalue weighted by atomic mass is 16.5. The molecule has 0 saturated heterocycles. The number of H-pyrrole nitrogens is 1. The third-order valence-corrected chi connectivity index (χ3v) is 2.62. The maximum atomic E-state index is 11.0. The van der Waals surface area contributed by atoms with Gasteiger partial charge in [0.05, 0.1) is 32.4 Å². The molecule has 2 rings (SSSR count). The zero-order valence-corrected chi connectivity index (χ0v) is 10.9. The van der Waals surface area contributed by atoms with E-state index in [-0.39, 0.29) is 12.5 Å². The van der Waals surface area contributed by atoms with Crippen LogP contribution in [-0.2, 0) is 9.53 Å². The molecule has 7 nitrogen and oxygen atoms in total. The molecule has 0 saturated carbocycles. The van der Waals surface area contributed by atoms with Crippen molar-refractivity contribution < 1.29 is 19.0 Å². The number of hydrogen-bond donors (Lipinski definition) is 2. The zero-order valence-electron chi connectivity index (χ0n) is 10.9. The fraction of sp³-hybridized carbons (Fsp3) is 0.333. The third-order valence-electron chi connectivity index (χ3n) is 2.62. The summed E-state index contributed by atoms with van der Waals surface area (Å²) < 4.78 is 14.9. The number of nitrogens with zero attached hydrogens (tertiary/aromatic N) is 1. The molecule has 2 aromatic rings. The van der Waals surface area contributed by atoms with E-state index in [9.17, 15) is 4.79 Å². The van der Waals surface area contributed by atoms with Gasteiger partial charge in [-0.2, -0.15) is 0 Å². The first-order valence-corrected chi connectivity index (χ1v) is 5.60. The van der Waals surface area contributed by atoms with E-state index in [0.29, 0.717) is 23.0 Å². The largest absolute Gasteiger partial charge is 0.493 e. The predicted molar refractivity (Wildman–Crippen MR) is 69.7 cm³/mol. The quantitative estimate of drug-likeness (QED) is 0.789. The van der Waals surface area contributed by atoms with Crippen LogP contribution in [0.4, 0.5) is 5.95 Å². The van der Waals surface area contributed by atoms with Gasteiger partial charge in [-0.3, -0.25) is 4.79 Å². The zero-order chi connectivity index (χ0) is 13.8. The van der Waals surface area contributed by atoms with E-state index >= 15 is 0 Å². The topological polar surface area (TPSA) is 85.5 Å². The van der Waals surface area contributed by atoms with Gasteiger partial charge in [0.25, 0.3) is 0 Å². The van der Waals surface area contributed by atoms with Gasteiger partial charge in [0.15, 0.2) is 11.5 Å². The van der Waals surface area contributed by atoms with Crippen LogP contribution in [0, 0.1) is 0 Å². The standard InChI is InChI=1S/C12H15N3O4/c1-17-9-4-7-8(5-10(9)18-2)15-12(14-7)13-6-11(16)19-3/h4-5H,6H2,1-3H3,(H2,13,14,15). The minimum atomic E-state index is -0.365. The van der Waals surface area contributed by atoms with Gasteiger partial charge in [-0.25, -0.2) is 4.98 Å². The molecule has 0 aliphatic heterocycles. The minimum Gasteiger partial charge on any atom is -0.493 e. The third kappa shape index (κ3) is 2.70. The average molecular weight is 265 g/mol. The maximum absolute atomic E-state index is 11.0. The van der Waals surface area contributed by atoms with Crippen molar-refractivity contribution in [1.29, 1.82) is 0 Å². The van der Waals surface area contributed by atoms with Gasteiger partial charge in [-0.15, -0.1) is 0 Å². The average Bonchev–Trinajstić information content (AvgIpc) is 2.84. The summed E-state index contributed by atoms with van der Waals surface area (Å²) in [7, 11) is 4.46. The molecule has 102 valence electrons. The number of nitrogens with one attached hydrogen (secondary N) is 2. The Balaban J connectivity index is 2.27. The molecule has 0 aliphatic rings. The molecule has 1 aromatic heterocycles. The molecule has 0 unspecified atom stereocenters. The second-order valence-electron chi connectivity index (χ2n) is 3.74. The summed E-state index contributed by atoms with van der Waals surface area (Å²) in [6, 6.07) is 3.54. The molecule has 0 radical (unpaired) electrons. The number of carbonyl (C=O) groups excluding carboxylic acids is 1. The number of methoxy groups -OCH3 is 3. The second-order valence-corrected chi connectivity index (χ2v) is 3.74. The second kappa shape index (κ2) is 5.47. The maximum Gasteiger partial charge on any atom is 0.325 e. The van der Waals surface area contributed by atoms with Gasteiger partial charge < -0.3 is 24.5 Å². The van der Waals surface area contributed by atoms with Crippen LogP contribution in [0.5, 0.6) is 11.5 Å². The molecule has 19 heavy (non-hydrogen) atoms. The summed E-state index contributed by atoms with van der Waals surface area (Å²) in [6.07, 6.45) is 0. The number of fused-ring (bicyclic) bond motifs is 1. The number of aromatic nitrogens is 2. The SMILES string of the molecule is COC(=O)CNc1nc2cc(OC)c(OC)cc2[nH]1. The van der Waals surface area contributed by atoms with E-state index in [1.807, 2.05) is 0 Å². The molecule has 0 amide bonds. The van der Waals surface area contributed by atoms with Crippen LogP contribution < -0.4 is 14.8 Å². The van der Waals surface area contributed by atoms with Gasteiger partial charge >= 0.3 is 5.97 Å². The Morgan fingerprint density at radius 1 is 1.26 bits per heavy atom. The van der Waals surface area contributed by atoms with E-state index in [1.165, 1.54) is 7.11 Å². The van der Waals surface area contributed by atoms with E-state index in [2.05, 4.69) is 20.0 Å². The lowest BCUT2D eigenvalue weighted by Gasteiger charge is -2.06. The van der Waals surface area contributed by atoms with Crippen molar-refractivity contribution in [3.8, 4) is 11.5 Å². The normalized spacial score (nSPS) is 10.3. The Morgan fingerprint density at radius 3 is 2.58 bits per heavy atom. The van der Waals surface area contributed by atoms with E-state index in [0.717, 1.165) is 5.52 Å². The van der Waals surface area contributed by atoms with Crippen molar-refractivity contribution >= 4 is 23.0 Å². The van der Waals surface area contributed by atoms with Gasteiger partial charge in [0.1, 0.15) is 6.54 Å². The number of esters is 1. The van der Waals surface area contributed by atoms with E-state index in [4.69, 9.17) is 9.47 Å². The van der Waals surface area contributed by atoms with E-state index < -0.39 is 0 Å². The molecule has 1 heterocycles. The van der Waals surface area contributed by atoms with Crippen LogP contribution >= 0.6 is 0 Å². The Labute approximate surface area is 109 Å². The molecule has 0 fully saturated rings. The Kier molecular flexibility index (Phi) is 3.74. The van der Waals surface area contributed by atoms with Crippen LogP contribution in [0.3, 0.4) is 0 Å². The van der Waals surface area contributed by atoms with Crippen LogP contribution in [0.1, 0.15) is 0 Å². The first-order chi connectivity index (χ1) is 9.17. The lowest BCUT2D eigenvalue weighted by atomic mass is 10.3. The molecule has 1 aromatic carbocycles. The lowest BCUT2D eigenvalue weighted by Crippen LogP contribution is -2.15.